The lowest BCUT2D eigenvalue weighted by atomic mass is 10.1. The van der Waals surface area contributed by atoms with Gasteiger partial charge in [0, 0.05) is 19.4 Å². The Kier molecular flexibility index (Phi) is 9.33. The summed E-state index contributed by atoms with van der Waals surface area (Å²) in [6.45, 7) is 3.04. The van der Waals surface area contributed by atoms with Crippen molar-refractivity contribution in [2.45, 2.75) is 26.2 Å². The molecule has 1 saturated heterocycles. The molecule has 1 amide bonds. The molecule has 1 fully saturated rings. The van der Waals surface area contributed by atoms with Crippen LogP contribution in [0.2, 0.25) is 0 Å². The van der Waals surface area contributed by atoms with Crippen LogP contribution in [0.3, 0.4) is 0 Å². The Bertz CT molecular complexity index is 1020. The molecule has 0 saturated carbocycles. The first-order chi connectivity index (χ1) is 16.0. The predicted molar refractivity (Wildman–Crippen MR) is 134 cm³/mol. The number of nitrogens with zero attached hydrogens (tertiary/aromatic N) is 1. The van der Waals surface area contributed by atoms with E-state index in [1.807, 2.05) is 36.4 Å². The molecule has 0 unspecified atom stereocenters. The van der Waals surface area contributed by atoms with Crippen molar-refractivity contribution in [2.24, 2.45) is 0 Å². The first kappa shape index (κ1) is 24.8. The van der Waals surface area contributed by atoms with Crippen molar-refractivity contribution in [3.05, 3.63) is 64.6 Å². The van der Waals surface area contributed by atoms with Crippen LogP contribution in [0.1, 0.15) is 30.9 Å². The van der Waals surface area contributed by atoms with E-state index in [1.165, 1.54) is 22.2 Å². The highest BCUT2D eigenvalue weighted by Crippen LogP contribution is 2.35. The monoisotopic (exact) mass is 485 g/mol. The highest BCUT2D eigenvalue weighted by Gasteiger charge is 2.31. The third-order valence-corrected chi connectivity index (χ3v) is 6.30. The SMILES string of the molecule is CCOC(=O)CCCN1C(=O)/C(=C/c2ccc(OCCc3ccccc3)c(OC)c2)SC1=S. The number of thioether (sulfide) groups is 1. The predicted octanol–water partition coefficient (Wildman–Crippen LogP) is 4.86. The van der Waals surface area contributed by atoms with Crippen molar-refractivity contribution in [3.63, 3.8) is 0 Å². The van der Waals surface area contributed by atoms with Gasteiger partial charge in [0.25, 0.3) is 5.91 Å². The van der Waals surface area contributed by atoms with Crippen molar-refractivity contribution in [1.82, 2.24) is 4.90 Å². The number of hydrogen-bond acceptors (Lipinski definition) is 7. The van der Waals surface area contributed by atoms with Crippen LogP contribution in [-0.4, -0.2) is 48.0 Å². The van der Waals surface area contributed by atoms with Gasteiger partial charge in [-0.05, 0) is 42.7 Å². The van der Waals surface area contributed by atoms with Crippen LogP contribution >= 0.6 is 24.0 Å². The summed E-state index contributed by atoms with van der Waals surface area (Å²) in [4.78, 5) is 26.4. The Labute approximate surface area is 203 Å². The molecule has 0 spiro atoms. The Morgan fingerprint density at radius 2 is 1.94 bits per heavy atom. The highest BCUT2D eigenvalue weighted by molar-refractivity contribution is 8.26. The molecule has 0 aliphatic carbocycles. The number of esters is 1. The van der Waals surface area contributed by atoms with Crippen molar-refractivity contribution >= 4 is 46.3 Å². The molecule has 2 aromatic carbocycles. The lowest BCUT2D eigenvalue weighted by Gasteiger charge is -2.13. The lowest BCUT2D eigenvalue weighted by molar-refractivity contribution is -0.143. The van der Waals surface area contributed by atoms with Gasteiger partial charge in [0.1, 0.15) is 4.32 Å². The zero-order valence-corrected chi connectivity index (χ0v) is 20.4. The molecule has 3 rings (SSSR count). The molecular formula is C25H27NO5S2. The van der Waals surface area contributed by atoms with E-state index in [2.05, 4.69) is 12.1 Å². The summed E-state index contributed by atoms with van der Waals surface area (Å²) < 4.78 is 16.8. The van der Waals surface area contributed by atoms with Crippen LogP contribution < -0.4 is 9.47 Å². The van der Waals surface area contributed by atoms with Gasteiger partial charge in [-0.15, -0.1) is 0 Å². The summed E-state index contributed by atoms with van der Waals surface area (Å²) in [6.07, 6.45) is 3.35. The van der Waals surface area contributed by atoms with Crippen molar-refractivity contribution in [3.8, 4) is 11.5 Å². The summed E-state index contributed by atoms with van der Waals surface area (Å²) in [5, 5.41) is 0. The molecule has 8 heteroatoms. The first-order valence-electron chi connectivity index (χ1n) is 10.8. The first-order valence-corrected chi connectivity index (χ1v) is 12.0. The van der Waals surface area contributed by atoms with Gasteiger partial charge in [-0.1, -0.05) is 60.4 Å². The molecule has 0 bridgehead atoms. The molecule has 0 aromatic heterocycles. The fourth-order valence-corrected chi connectivity index (χ4v) is 4.58. The molecule has 33 heavy (non-hydrogen) atoms. The Balaban J connectivity index is 1.60. The van der Waals surface area contributed by atoms with Crippen LogP contribution in [-0.2, 0) is 20.7 Å². The minimum atomic E-state index is -0.267. The number of rotatable bonds is 11. The average Bonchev–Trinajstić information content (AvgIpc) is 3.08. The quantitative estimate of drug-likeness (QED) is 0.256. The molecule has 6 nitrogen and oxygen atoms in total. The average molecular weight is 486 g/mol. The largest absolute Gasteiger partial charge is 0.493 e. The maximum absolute atomic E-state index is 12.8. The number of amides is 1. The van der Waals surface area contributed by atoms with E-state index in [0.29, 0.717) is 46.9 Å². The van der Waals surface area contributed by atoms with Gasteiger partial charge in [-0.25, -0.2) is 0 Å². The van der Waals surface area contributed by atoms with E-state index in [9.17, 15) is 9.59 Å². The number of ether oxygens (including phenoxy) is 3. The Hall–Kier alpha value is -2.84. The summed E-state index contributed by atoms with van der Waals surface area (Å²) in [5.74, 6) is 0.825. The van der Waals surface area contributed by atoms with E-state index >= 15 is 0 Å². The molecule has 0 N–H and O–H groups in total. The summed E-state index contributed by atoms with van der Waals surface area (Å²) >= 11 is 6.62. The second-order valence-corrected chi connectivity index (χ2v) is 8.91. The summed E-state index contributed by atoms with van der Waals surface area (Å²) in [5.41, 5.74) is 2.02. The number of carbonyl (C=O) groups is 2. The number of hydrogen-bond donors (Lipinski definition) is 0. The number of thiocarbonyl (C=S) groups is 1. The van der Waals surface area contributed by atoms with Gasteiger partial charge >= 0.3 is 5.97 Å². The van der Waals surface area contributed by atoms with Gasteiger partial charge in [0.05, 0.1) is 25.2 Å². The number of benzene rings is 2. The van der Waals surface area contributed by atoms with E-state index in [1.54, 1.807) is 20.1 Å². The standard InChI is InChI=1S/C25H27NO5S2/c1-3-30-23(27)10-7-14-26-24(28)22(33-25(26)32)17-19-11-12-20(21(16-19)29-2)31-15-13-18-8-5-4-6-9-18/h4-6,8-9,11-12,16-17H,3,7,10,13-15H2,1-2H3/b22-17-. The van der Waals surface area contributed by atoms with E-state index in [4.69, 9.17) is 26.4 Å². The van der Waals surface area contributed by atoms with Crippen LogP contribution in [0.5, 0.6) is 11.5 Å². The van der Waals surface area contributed by atoms with Gasteiger partial charge in [0.15, 0.2) is 11.5 Å². The fourth-order valence-electron chi connectivity index (χ4n) is 3.28. The van der Waals surface area contributed by atoms with Gasteiger partial charge in [-0.3, -0.25) is 14.5 Å². The number of carbonyl (C=O) groups excluding carboxylic acids is 2. The third kappa shape index (κ3) is 7.07. The van der Waals surface area contributed by atoms with Crippen LogP contribution in [0.25, 0.3) is 6.08 Å². The molecule has 2 aromatic rings. The molecule has 1 heterocycles. The number of methoxy groups -OCH3 is 1. The second kappa shape index (κ2) is 12.4. The summed E-state index contributed by atoms with van der Waals surface area (Å²) in [6, 6.07) is 15.7. The third-order valence-electron chi connectivity index (χ3n) is 4.92. The molecule has 174 valence electrons. The zero-order valence-electron chi connectivity index (χ0n) is 18.7. The zero-order chi connectivity index (χ0) is 23.6. The van der Waals surface area contributed by atoms with Gasteiger partial charge in [-0.2, -0.15) is 0 Å². The van der Waals surface area contributed by atoms with Gasteiger partial charge < -0.3 is 14.2 Å². The maximum atomic E-state index is 12.8. The fraction of sp³-hybridized carbons (Fsp3) is 0.320. The van der Waals surface area contributed by atoms with Crippen molar-refractivity contribution in [2.75, 3.05) is 26.9 Å². The molecule has 0 radical (unpaired) electrons. The Morgan fingerprint density at radius 3 is 2.67 bits per heavy atom. The van der Waals surface area contributed by atoms with Crippen molar-refractivity contribution in [1.29, 1.82) is 0 Å². The van der Waals surface area contributed by atoms with E-state index in [-0.39, 0.29) is 18.3 Å². The maximum Gasteiger partial charge on any atom is 0.305 e. The molecule has 0 atom stereocenters. The smallest absolute Gasteiger partial charge is 0.305 e. The van der Waals surface area contributed by atoms with E-state index in [0.717, 1.165) is 12.0 Å². The minimum absolute atomic E-state index is 0.156. The highest BCUT2D eigenvalue weighted by atomic mass is 32.2. The topological polar surface area (TPSA) is 65.1 Å². The molecule has 1 aliphatic rings. The second-order valence-electron chi connectivity index (χ2n) is 7.24. The lowest BCUT2D eigenvalue weighted by Crippen LogP contribution is -2.29. The minimum Gasteiger partial charge on any atom is -0.493 e. The Morgan fingerprint density at radius 1 is 1.15 bits per heavy atom. The van der Waals surface area contributed by atoms with Crippen LogP contribution in [0.15, 0.2) is 53.4 Å². The van der Waals surface area contributed by atoms with Crippen LogP contribution in [0.4, 0.5) is 0 Å². The van der Waals surface area contributed by atoms with Crippen LogP contribution in [0, 0.1) is 0 Å². The van der Waals surface area contributed by atoms with E-state index < -0.39 is 0 Å². The van der Waals surface area contributed by atoms with Gasteiger partial charge in [0.2, 0.25) is 0 Å². The van der Waals surface area contributed by atoms with Crippen molar-refractivity contribution < 1.29 is 23.8 Å². The molecular weight excluding hydrogens is 458 g/mol. The molecule has 1 aliphatic heterocycles. The summed E-state index contributed by atoms with van der Waals surface area (Å²) in [7, 11) is 1.59. The normalized spacial score (nSPS) is 14.6.